The molecule has 0 heterocycles. The van der Waals surface area contributed by atoms with Gasteiger partial charge in [-0.25, -0.2) is 13.2 Å². The summed E-state index contributed by atoms with van der Waals surface area (Å²) in [4.78, 5) is 12.3. The van der Waals surface area contributed by atoms with E-state index in [9.17, 15) is 13.2 Å². The highest BCUT2D eigenvalue weighted by Gasteiger charge is 2.18. The summed E-state index contributed by atoms with van der Waals surface area (Å²) in [6.07, 6.45) is 2.78. The molecule has 5 nitrogen and oxygen atoms in total. The van der Waals surface area contributed by atoms with Gasteiger partial charge in [0, 0.05) is 11.8 Å². The third-order valence-electron chi connectivity index (χ3n) is 5.09. The van der Waals surface area contributed by atoms with Crippen LogP contribution in [0.5, 0.6) is 5.75 Å². The number of carbonyl (C=O) groups excluding carboxylic acids is 1. The van der Waals surface area contributed by atoms with Gasteiger partial charge in [0.1, 0.15) is 18.0 Å². The van der Waals surface area contributed by atoms with Gasteiger partial charge < -0.3 is 9.47 Å². The highest BCUT2D eigenvalue weighted by Crippen LogP contribution is 2.28. The molecule has 0 aliphatic rings. The molecule has 0 atom stereocenters. The number of benzene rings is 3. The Kier molecular flexibility index (Phi) is 8.15. The Labute approximate surface area is 202 Å². The molecule has 0 radical (unpaired) electrons. The number of rotatable bonds is 9. The molecule has 0 aromatic heterocycles. The van der Waals surface area contributed by atoms with Gasteiger partial charge in [0.05, 0.1) is 11.3 Å². The number of aryl methyl sites for hydroxylation is 2. The molecule has 0 aliphatic heterocycles. The highest BCUT2D eigenvalue weighted by molar-refractivity contribution is 7.89. The van der Waals surface area contributed by atoms with Gasteiger partial charge in [-0.15, -0.1) is 0 Å². The van der Waals surface area contributed by atoms with Crippen molar-refractivity contribution in [3.05, 3.63) is 101 Å². The van der Waals surface area contributed by atoms with Crippen molar-refractivity contribution >= 4 is 15.8 Å². The van der Waals surface area contributed by atoms with Gasteiger partial charge in [-0.1, -0.05) is 60.7 Å². The minimum Gasteiger partial charge on any atom is -0.488 e. The second kappa shape index (κ2) is 10.9. The number of carbonyl (C=O) groups is 1. The molecule has 6 heteroatoms. The Morgan fingerprint density at radius 1 is 0.794 bits per heavy atom. The van der Waals surface area contributed by atoms with Crippen molar-refractivity contribution in [2.24, 2.45) is 0 Å². The van der Waals surface area contributed by atoms with Crippen molar-refractivity contribution in [3.8, 4) is 5.75 Å². The molecule has 3 aromatic carbocycles. The van der Waals surface area contributed by atoms with Crippen molar-refractivity contribution in [2.75, 3.05) is 6.26 Å². The fourth-order valence-electron chi connectivity index (χ4n) is 3.57. The van der Waals surface area contributed by atoms with Gasteiger partial charge >= 0.3 is 5.97 Å². The molecular formula is C28H32O5S. The molecule has 3 rings (SSSR count). The van der Waals surface area contributed by atoms with Gasteiger partial charge in [0.2, 0.25) is 0 Å². The average molecular weight is 481 g/mol. The van der Waals surface area contributed by atoms with Crippen molar-refractivity contribution in [1.29, 1.82) is 0 Å². The van der Waals surface area contributed by atoms with E-state index in [1.54, 1.807) is 18.2 Å². The summed E-state index contributed by atoms with van der Waals surface area (Å²) in [5.74, 6) is 0.153. The van der Waals surface area contributed by atoms with Crippen LogP contribution in [0.25, 0.3) is 0 Å². The van der Waals surface area contributed by atoms with Gasteiger partial charge in [-0.2, -0.15) is 0 Å². The second-order valence-corrected chi connectivity index (χ2v) is 11.6. The Morgan fingerprint density at radius 3 is 2.06 bits per heavy atom. The van der Waals surface area contributed by atoms with Crippen LogP contribution >= 0.6 is 0 Å². The van der Waals surface area contributed by atoms with E-state index in [2.05, 4.69) is 12.1 Å². The minimum absolute atomic E-state index is 0.0842. The molecule has 0 amide bonds. The predicted molar refractivity (Wildman–Crippen MR) is 135 cm³/mol. The summed E-state index contributed by atoms with van der Waals surface area (Å²) in [5, 5.41) is 0. The largest absolute Gasteiger partial charge is 0.488 e. The molecule has 0 spiro atoms. The zero-order valence-electron chi connectivity index (χ0n) is 20.2. The summed E-state index contributed by atoms with van der Waals surface area (Å²) in [5.41, 5.74) is 3.61. The molecule has 0 N–H and O–H groups in total. The summed E-state index contributed by atoms with van der Waals surface area (Å²) in [6.45, 7) is 5.75. The fraction of sp³-hybridized carbons (Fsp3) is 0.321. The first-order valence-corrected chi connectivity index (χ1v) is 13.3. The van der Waals surface area contributed by atoms with Crippen LogP contribution in [-0.2, 0) is 39.8 Å². The molecule has 3 aromatic rings. The number of ether oxygens (including phenoxy) is 2. The first-order valence-electron chi connectivity index (χ1n) is 11.3. The van der Waals surface area contributed by atoms with Gasteiger partial charge in [0.15, 0.2) is 9.84 Å². The van der Waals surface area contributed by atoms with Crippen molar-refractivity contribution < 1.29 is 22.7 Å². The van der Waals surface area contributed by atoms with E-state index in [1.807, 2.05) is 63.2 Å². The lowest BCUT2D eigenvalue weighted by Crippen LogP contribution is -2.23. The standard InChI is InChI=1S/C28H32O5S/c1-28(2,3)33-27(29)24-17-14-22(15-18-24)19-32-26-23(16-13-21-9-6-5-7-10-21)11-8-12-25(26)20-34(4,30)31/h5-12,14-15,17-18H,13,16,19-20H2,1-4H3. The topological polar surface area (TPSA) is 69.7 Å². The Morgan fingerprint density at radius 2 is 1.44 bits per heavy atom. The number of hydrogen-bond donors (Lipinski definition) is 0. The molecule has 0 bridgehead atoms. The molecule has 0 unspecified atom stereocenters. The van der Waals surface area contributed by atoms with Gasteiger partial charge in [-0.05, 0) is 62.4 Å². The molecule has 180 valence electrons. The van der Waals surface area contributed by atoms with Crippen LogP contribution in [0.4, 0.5) is 0 Å². The highest BCUT2D eigenvalue weighted by atomic mass is 32.2. The monoisotopic (exact) mass is 480 g/mol. The Hall–Kier alpha value is -3.12. The van der Waals surface area contributed by atoms with Crippen molar-refractivity contribution in [3.63, 3.8) is 0 Å². The molecule has 0 fully saturated rings. The van der Waals surface area contributed by atoms with E-state index in [1.165, 1.54) is 11.8 Å². The number of sulfone groups is 1. The van der Waals surface area contributed by atoms with Crippen LogP contribution in [0.1, 0.15) is 53.4 Å². The average Bonchev–Trinajstić information content (AvgIpc) is 2.76. The van der Waals surface area contributed by atoms with E-state index < -0.39 is 15.4 Å². The predicted octanol–water partition coefficient (Wildman–Crippen LogP) is 5.55. The molecular weight excluding hydrogens is 448 g/mol. The van der Waals surface area contributed by atoms with Crippen LogP contribution in [-0.4, -0.2) is 26.2 Å². The van der Waals surface area contributed by atoms with E-state index in [-0.39, 0.29) is 18.3 Å². The quantitative estimate of drug-likeness (QED) is 0.376. The maximum absolute atomic E-state index is 12.3. The van der Waals surface area contributed by atoms with Gasteiger partial charge in [0.25, 0.3) is 0 Å². The van der Waals surface area contributed by atoms with E-state index in [0.717, 1.165) is 24.0 Å². The molecule has 34 heavy (non-hydrogen) atoms. The second-order valence-electron chi connectivity index (χ2n) is 9.45. The SMILES string of the molecule is CC(C)(C)OC(=O)c1ccc(COc2c(CCc3ccccc3)cccc2CS(C)(=O)=O)cc1. The van der Waals surface area contributed by atoms with E-state index in [0.29, 0.717) is 16.9 Å². The van der Waals surface area contributed by atoms with Crippen LogP contribution in [0, 0.1) is 0 Å². The third-order valence-corrected chi connectivity index (χ3v) is 5.93. The zero-order chi connectivity index (χ0) is 24.8. The van der Waals surface area contributed by atoms with Crippen LogP contribution in [0.2, 0.25) is 0 Å². The summed E-state index contributed by atoms with van der Waals surface area (Å²) in [7, 11) is -3.23. The van der Waals surface area contributed by atoms with Gasteiger partial charge in [-0.3, -0.25) is 0 Å². The lowest BCUT2D eigenvalue weighted by molar-refractivity contribution is 0.00694. The maximum Gasteiger partial charge on any atom is 0.338 e. The Bertz CT molecular complexity index is 1210. The molecule has 0 aliphatic carbocycles. The van der Waals surface area contributed by atoms with Crippen LogP contribution < -0.4 is 4.74 Å². The number of hydrogen-bond acceptors (Lipinski definition) is 5. The van der Waals surface area contributed by atoms with E-state index >= 15 is 0 Å². The van der Waals surface area contributed by atoms with Crippen LogP contribution in [0.3, 0.4) is 0 Å². The summed E-state index contributed by atoms with van der Waals surface area (Å²) in [6, 6.07) is 22.9. The number of para-hydroxylation sites is 1. The minimum atomic E-state index is -3.23. The zero-order valence-corrected chi connectivity index (χ0v) is 21.0. The lowest BCUT2D eigenvalue weighted by atomic mass is 10.0. The maximum atomic E-state index is 12.3. The summed E-state index contributed by atoms with van der Waals surface area (Å²) >= 11 is 0. The van der Waals surface area contributed by atoms with Crippen LogP contribution in [0.15, 0.2) is 72.8 Å². The lowest BCUT2D eigenvalue weighted by Gasteiger charge is -2.19. The third kappa shape index (κ3) is 8.03. The van der Waals surface area contributed by atoms with Crippen molar-refractivity contribution in [2.45, 2.75) is 51.6 Å². The smallest absolute Gasteiger partial charge is 0.338 e. The Balaban J connectivity index is 1.78. The normalized spacial score (nSPS) is 11.8. The number of esters is 1. The van der Waals surface area contributed by atoms with Crippen molar-refractivity contribution in [1.82, 2.24) is 0 Å². The first kappa shape index (κ1) is 25.5. The van der Waals surface area contributed by atoms with E-state index in [4.69, 9.17) is 9.47 Å². The fourth-order valence-corrected chi connectivity index (χ4v) is 4.36. The molecule has 0 saturated carbocycles. The molecule has 0 saturated heterocycles. The summed E-state index contributed by atoms with van der Waals surface area (Å²) < 4.78 is 35.6. The first-order chi connectivity index (χ1) is 16.0.